The second-order valence-electron chi connectivity index (χ2n) is 24.4. The molecule has 10 fully saturated rings. The molecule has 12 rings (SSSR count). The second kappa shape index (κ2) is 21.7. The molecule has 14 heteroatoms. The highest BCUT2D eigenvalue weighted by molar-refractivity contribution is 7.97. The monoisotopic (exact) mass is 1020 g/mol. The summed E-state index contributed by atoms with van der Waals surface area (Å²) in [7, 11) is 0.864. The van der Waals surface area contributed by atoms with Gasteiger partial charge in [-0.1, -0.05) is 65.8 Å². The summed E-state index contributed by atoms with van der Waals surface area (Å²) in [6.07, 6.45) is 9.37. The summed E-state index contributed by atoms with van der Waals surface area (Å²) in [5.74, 6) is -3.01. The Balaban J connectivity index is 0.000000138. The Morgan fingerprint density at radius 2 is 0.943 bits per heavy atom. The molecular weight excluding hydrogens is 941 g/mol. The summed E-state index contributed by atoms with van der Waals surface area (Å²) < 4.78 is 71.7. The van der Waals surface area contributed by atoms with E-state index >= 15 is 0 Å². The molecule has 2 aromatic rings. The summed E-state index contributed by atoms with van der Waals surface area (Å²) in [6.45, 7) is 18.5. The van der Waals surface area contributed by atoms with Crippen molar-refractivity contribution in [3.63, 3.8) is 0 Å². The van der Waals surface area contributed by atoms with Crippen LogP contribution in [-0.4, -0.2) is 103 Å². The molecule has 8 nitrogen and oxygen atoms in total. The van der Waals surface area contributed by atoms with Gasteiger partial charge in [0.2, 0.25) is 0 Å². The number of esters is 2. The van der Waals surface area contributed by atoms with Crippen molar-refractivity contribution >= 4 is 39.5 Å². The average molecular weight is 1020 g/mol. The van der Waals surface area contributed by atoms with Crippen molar-refractivity contribution < 1.29 is 56.0 Å². The SMILES string of the molecule is CC(C)(C)c1ccc([S+]2CCOCC2)cc1.CC(C)(C)c1ccc([S+]2CCOCC2)cc1.CC(F)(F)C(=O)OCC12CC3CC(C1)C(=O)C(C3)C2.CC(F)(F)C(=O)OCC12CC3CC(CC(O)(C3)C1)C2. The topological polar surface area (TPSA) is 108 Å². The van der Waals surface area contributed by atoms with Crippen LogP contribution in [0.1, 0.15) is 137 Å². The predicted molar refractivity (Wildman–Crippen MR) is 269 cm³/mol. The van der Waals surface area contributed by atoms with E-state index < -0.39 is 29.4 Å². The van der Waals surface area contributed by atoms with Gasteiger partial charge < -0.3 is 24.1 Å². The number of benzene rings is 2. The van der Waals surface area contributed by atoms with Crippen LogP contribution in [-0.2, 0) is 66.0 Å². The molecule has 2 aliphatic heterocycles. The molecule has 10 aliphatic rings. The number of ether oxygens (including phenoxy) is 4. The van der Waals surface area contributed by atoms with Crippen LogP contribution in [0.25, 0.3) is 0 Å². The Hall–Kier alpha value is -2.65. The first-order valence-corrected chi connectivity index (χ1v) is 28.8. The van der Waals surface area contributed by atoms with Gasteiger partial charge in [-0.25, -0.2) is 9.59 Å². The summed E-state index contributed by atoms with van der Waals surface area (Å²) in [5, 5.41) is 10.5. The highest BCUT2D eigenvalue weighted by Crippen LogP contribution is 2.62. The molecule has 2 heterocycles. The van der Waals surface area contributed by atoms with Crippen LogP contribution >= 0.6 is 0 Å². The Bertz CT molecular complexity index is 1990. The lowest BCUT2D eigenvalue weighted by Gasteiger charge is -2.59. The van der Waals surface area contributed by atoms with E-state index in [9.17, 15) is 37.1 Å². The first-order chi connectivity index (χ1) is 32.6. The maximum absolute atomic E-state index is 12.8. The maximum Gasteiger partial charge on any atom is 0.376 e. The Morgan fingerprint density at radius 3 is 1.30 bits per heavy atom. The van der Waals surface area contributed by atoms with Crippen LogP contribution in [0, 0.1) is 40.4 Å². The summed E-state index contributed by atoms with van der Waals surface area (Å²) >= 11 is 0. The van der Waals surface area contributed by atoms with Crippen molar-refractivity contribution in [1.82, 2.24) is 0 Å². The number of hydrogen-bond donors (Lipinski definition) is 1. The normalized spacial score (nSPS) is 31.6. The van der Waals surface area contributed by atoms with Gasteiger partial charge in [-0.05, 0) is 135 Å². The maximum atomic E-state index is 12.8. The molecule has 70 heavy (non-hydrogen) atoms. The van der Waals surface area contributed by atoms with E-state index in [1.165, 1.54) is 43.9 Å². The number of carbonyl (C=O) groups excluding carboxylic acids is 3. The fourth-order valence-corrected chi connectivity index (χ4v) is 16.8. The molecule has 2 saturated heterocycles. The minimum atomic E-state index is -3.43. The molecule has 8 bridgehead atoms. The molecule has 0 spiro atoms. The van der Waals surface area contributed by atoms with Gasteiger partial charge in [-0.15, -0.1) is 0 Å². The van der Waals surface area contributed by atoms with Gasteiger partial charge in [0.25, 0.3) is 0 Å². The van der Waals surface area contributed by atoms with Gasteiger partial charge in [0.05, 0.1) is 45.2 Å². The Labute approximate surface area is 420 Å². The van der Waals surface area contributed by atoms with Crippen molar-refractivity contribution in [3.05, 3.63) is 59.7 Å². The Morgan fingerprint density at radius 1 is 0.571 bits per heavy atom. The van der Waals surface area contributed by atoms with Crippen molar-refractivity contribution in [3.8, 4) is 0 Å². The third-order valence-electron chi connectivity index (χ3n) is 16.0. The number of aliphatic hydroxyl groups is 1. The number of halogens is 4. The zero-order valence-corrected chi connectivity index (χ0v) is 44.6. The lowest BCUT2D eigenvalue weighted by atomic mass is 9.48. The van der Waals surface area contributed by atoms with Crippen molar-refractivity contribution in [2.24, 2.45) is 40.4 Å². The smallest absolute Gasteiger partial charge is 0.376 e. The van der Waals surface area contributed by atoms with E-state index in [4.69, 9.17) is 18.9 Å². The number of rotatable bonds is 8. The predicted octanol–water partition coefficient (Wildman–Crippen LogP) is 11.1. The number of hydrogen-bond acceptors (Lipinski definition) is 8. The largest absolute Gasteiger partial charge is 0.461 e. The van der Waals surface area contributed by atoms with E-state index in [-0.39, 0.29) is 46.7 Å². The van der Waals surface area contributed by atoms with Crippen LogP contribution in [0.4, 0.5) is 17.6 Å². The van der Waals surface area contributed by atoms with Crippen LogP contribution < -0.4 is 0 Å². The first-order valence-electron chi connectivity index (χ1n) is 25.7. The van der Waals surface area contributed by atoms with E-state index in [1.54, 1.807) is 0 Å². The molecule has 4 unspecified atom stereocenters. The van der Waals surface area contributed by atoms with Gasteiger partial charge in [-0.2, -0.15) is 17.6 Å². The molecule has 4 atom stereocenters. The molecule has 0 radical (unpaired) electrons. The summed E-state index contributed by atoms with van der Waals surface area (Å²) in [5.41, 5.74) is 2.24. The first kappa shape index (κ1) is 55.1. The standard InChI is InChI=1S/C14H20F2O3.C14H18F2O3.2C14H21OS/c1-12(15,16)11(17)19-8-13-3-9-2-10(4-13)6-14(18,5-9)7-13;1-13(15,16)12(18)19-7-14-4-8-2-9(5-14)11(17)10(3-8)6-14;2*1-14(2,3)12-4-6-13(7-5-12)16-10-8-15-9-11-16/h9-10,18H,2-8H2,1H3;8-10H,2-7H2,1H3;2*4-7H,8-11H2,1-3H3/q;;2*+1. The molecule has 0 aromatic heterocycles. The number of alkyl halides is 4. The lowest BCUT2D eigenvalue weighted by molar-refractivity contribution is -0.197. The van der Waals surface area contributed by atoms with E-state index in [0.29, 0.717) is 78.4 Å². The third kappa shape index (κ3) is 14.1. The van der Waals surface area contributed by atoms with E-state index in [1.807, 2.05) is 0 Å². The zero-order chi connectivity index (χ0) is 50.9. The average Bonchev–Trinajstić information content (AvgIpc) is 3.28. The minimum Gasteiger partial charge on any atom is -0.461 e. The van der Waals surface area contributed by atoms with Crippen molar-refractivity contribution in [1.29, 1.82) is 0 Å². The summed E-state index contributed by atoms with van der Waals surface area (Å²) in [6, 6.07) is 18.4. The lowest BCUT2D eigenvalue weighted by Crippen LogP contribution is -2.57. The molecule has 8 saturated carbocycles. The highest BCUT2D eigenvalue weighted by Gasteiger charge is 2.58. The fraction of sp³-hybridized carbons (Fsp3) is 0.732. The van der Waals surface area contributed by atoms with Gasteiger partial charge in [0.1, 0.15) is 28.8 Å². The zero-order valence-electron chi connectivity index (χ0n) is 43.0. The van der Waals surface area contributed by atoms with E-state index in [2.05, 4.69) is 90.1 Å². The van der Waals surface area contributed by atoms with Crippen LogP contribution in [0.5, 0.6) is 0 Å². The van der Waals surface area contributed by atoms with Gasteiger partial charge in [0.15, 0.2) is 9.79 Å². The van der Waals surface area contributed by atoms with Crippen molar-refractivity contribution in [2.75, 3.05) is 62.7 Å². The number of ketones is 1. The minimum absolute atomic E-state index is 0.0323. The number of carbonyl (C=O) groups is 3. The number of Topliss-reactive ketones (excluding diaryl/α,β-unsaturated/α-hetero) is 1. The van der Waals surface area contributed by atoms with E-state index in [0.717, 1.165) is 77.8 Å². The van der Waals surface area contributed by atoms with Crippen LogP contribution in [0.3, 0.4) is 0 Å². The van der Waals surface area contributed by atoms with Crippen LogP contribution in [0.15, 0.2) is 58.3 Å². The molecule has 1 N–H and O–H groups in total. The van der Waals surface area contributed by atoms with Gasteiger partial charge >= 0.3 is 23.8 Å². The fourth-order valence-electron chi connectivity index (χ4n) is 13.2. The van der Waals surface area contributed by atoms with Gasteiger partial charge in [0, 0.05) is 58.3 Å². The second-order valence-corrected chi connectivity index (χ2v) is 29.0. The molecular formula is C56H80F4O8S2+2. The molecule has 8 aliphatic carbocycles. The summed E-state index contributed by atoms with van der Waals surface area (Å²) in [4.78, 5) is 37.4. The van der Waals surface area contributed by atoms with Gasteiger partial charge in [-0.3, -0.25) is 4.79 Å². The highest BCUT2D eigenvalue weighted by atomic mass is 32.2. The molecule has 2 aromatic carbocycles. The molecule has 0 amide bonds. The quantitative estimate of drug-likeness (QED) is 0.158. The van der Waals surface area contributed by atoms with Crippen molar-refractivity contribution in [2.45, 2.75) is 164 Å². The van der Waals surface area contributed by atoms with Crippen LogP contribution in [0.2, 0.25) is 0 Å². The Kier molecular flexibility index (Phi) is 17.1. The third-order valence-corrected chi connectivity index (χ3v) is 20.5. The molecule has 390 valence electrons.